The summed E-state index contributed by atoms with van der Waals surface area (Å²) in [4.78, 5) is 14.1. The van der Waals surface area contributed by atoms with Gasteiger partial charge in [-0.2, -0.15) is 5.26 Å². The van der Waals surface area contributed by atoms with Gasteiger partial charge >= 0.3 is 0 Å². The van der Waals surface area contributed by atoms with E-state index in [-0.39, 0.29) is 18.4 Å². The average molecular weight is 303 g/mol. The van der Waals surface area contributed by atoms with Gasteiger partial charge in [0.05, 0.1) is 18.7 Å². The van der Waals surface area contributed by atoms with Crippen molar-refractivity contribution < 1.29 is 9.90 Å². The van der Waals surface area contributed by atoms with Crippen LogP contribution in [0.2, 0.25) is 0 Å². The predicted octanol–water partition coefficient (Wildman–Crippen LogP) is 1.93. The highest BCUT2D eigenvalue weighted by atomic mass is 16.3. The first-order chi connectivity index (χ1) is 10.3. The number of hydrogen-bond donors (Lipinski definition) is 2. The van der Waals surface area contributed by atoms with E-state index in [9.17, 15) is 15.2 Å². The molecule has 0 unspecified atom stereocenters. The molecular weight excluding hydrogens is 278 g/mol. The van der Waals surface area contributed by atoms with Crippen LogP contribution in [-0.2, 0) is 4.79 Å². The summed E-state index contributed by atoms with van der Waals surface area (Å²) in [5.74, 6) is -0.231. The standard InChI is InChI=1S/C17H25N3O2/c1-13(2)17(4,12-18)19-16(22)11-20(10-14(3)21)15-8-6-5-7-9-15/h5-9,13-14,21H,10-11H2,1-4H3,(H,19,22)/t14-,17-/m1/s1. The van der Waals surface area contributed by atoms with Crippen LogP contribution in [0.25, 0.3) is 0 Å². The normalized spacial score (nSPS) is 14.8. The second-order valence-corrected chi connectivity index (χ2v) is 6.08. The molecule has 0 aliphatic rings. The summed E-state index contributed by atoms with van der Waals surface area (Å²) in [5.41, 5.74) is -0.0358. The molecule has 0 saturated heterocycles. The summed E-state index contributed by atoms with van der Waals surface area (Å²) in [6.45, 7) is 7.64. The van der Waals surface area contributed by atoms with E-state index in [2.05, 4.69) is 11.4 Å². The highest BCUT2D eigenvalue weighted by molar-refractivity contribution is 5.82. The van der Waals surface area contributed by atoms with Crippen molar-refractivity contribution in [3.05, 3.63) is 30.3 Å². The lowest BCUT2D eigenvalue weighted by Gasteiger charge is -2.30. The van der Waals surface area contributed by atoms with E-state index in [0.29, 0.717) is 6.54 Å². The number of carbonyl (C=O) groups excluding carboxylic acids is 1. The number of para-hydroxylation sites is 1. The Bertz CT molecular complexity index is 522. The third-order valence-corrected chi connectivity index (χ3v) is 3.73. The Morgan fingerprint density at radius 2 is 1.95 bits per heavy atom. The van der Waals surface area contributed by atoms with Gasteiger partial charge in [-0.3, -0.25) is 4.79 Å². The molecule has 0 aliphatic carbocycles. The molecule has 1 amide bonds. The van der Waals surface area contributed by atoms with Crippen LogP contribution < -0.4 is 10.2 Å². The Balaban J connectivity index is 2.83. The van der Waals surface area contributed by atoms with Crippen LogP contribution in [-0.4, -0.2) is 35.7 Å². The summed E-state index contributed by atoms with van der Waals surface area (Å²) >= 11 is 0. The van der Waals surface area contributed by atoms with Gasteiger partial charge in [-0.05, 0) is 31.9 Å². The van der Waals surface area contributed by atoms with E-state index in [1.54, 1.807) is 18.7 Å². The number of hydrogen-bond acceptors (Lipinski definition) is 4. The van der Waals surface area contributed by atoms with Crippen LogP contribution in [0.15, 0.2) is 30.3 Å². The van der Waals surface area contributed by atoms with Crippen LogP contribution in [0.4, 0.5) is 5.69 Å². The maximum Gasteiger partial charge on any atom is 0.240 e. The summed E-state index contributed by atoms with van der Waals surface area (Å²) < 4.78 is 0. The summed E-state index contributed by atoms with van der Waals surface area (Å²) in [6.07, 6.45) is -0.555. The van der Waals surface area contributed by atoms with Crippen LogP contribution in [0.3, 0.4) is 0 Å². The summed E-state index contributed by atoms with van der Waals surface area (Å²) in [7, 11) is 0. The van der Waals surface area contributed by atoms with Crippen LogP contribution in [0.5, 0.6) is 0 Å². The Kier molecular flexibility index (Phi) is 6.39. The molecular formula is C17H25N3O2. The number of nitriles is 1. The van der Waals surface area contributed by atoms with Crippen molar-refractivity contribution >= 4 is 11.6 Å². The molecule has 2 atom stereocenters. The summed E-state index contributed by atoms with van der Waals surface area (Å²) in [5, 5.41) is 21.7. The fraction of sp³-hybridized carbons (Fsp3) is 0.529. The molecule has 0 bridgehead atoms. The molecule has 1 aromatic rings. The maximum absolute atomic E-state index is 12.3. The second kappa shape index (κ2) is 7.81. The molecule has 1 rings (SSSR count). The lowest BCUT2D eigenvalue weighted by Crippen LogP contribution is -2.52. The van der Waals surface area contributed by atoms with Gasteiger partial charge in [0.25, 0.3) is 0 Å². The average Bonchev–Trinajstić information content (AvgIpc) is 2.46. The van der Waals surface area contributed by atoms with Crippen molar-refractivity contribution in [1.82, 2.24) is 5.32 Å². The number of aliphatic hydroxyl groups is 1. The molecule has 0 spiro atoms. The van der Waals surface area contributed by atoms with Crippen LogP contribution in [0, 0.1) is 17.2 Å². The number of aliphatic hydroxyl groups excluding tert-OH is 1. The number of amides is 1. The molecule has 0 aliphatic heterocycles. The molecule has 5 nitrogen and oxygen atoms in total. The minimum Gasteiger partial charge on any atom is -0.392 e. The van der Waals surface area contributed by atoms with Crippen molar-refractivity contribution in [3.63, 3.8) is 0 Å². The van der Waals surface area contributed by atoms with Crippen molar-refractivity contribution in [2.75, 3.05) is 18.0 Å². The zero-order valence-corrected chi connectivity index (χ0v) is 13.7. The molecule has 0 fully saturated rings. The zero-order chi connectivity index (χ0) is 16.8. The van der Waals surface area contributed by atoms with Gasteiger partial charge in [0, 0.05) is 12.2 Å². The monoisotopic (exact) mass is 303 g/mol. The molecule has 1 aromatic carbocycles. The van der Waals surface area contributed by atoms with E-state index in [1.807, 2.05) is 44.2 Å². The minimum atomic E-state index is -0.899. The van der Waals surface area contributed by atoms with E-state index in [1.165, 1.54) is 0 Å². The van der Waals surface area contributed by atoms with Gasteiger partial charge in [0.2, 0.25) is 5.91 Å². The predicted molar refractivity (Wildman–Crippen MR) is 87.3 cm³/mol. The highest BCUT2D eigenvalue weighted by Gasteiger charge is 2.30. The number of benzene rings is 1. The Labute approximate surface area is 132 Å². The number of nitrogens with zero attached hydrogens (tertiary/aromatic N) is 2. The van der Waals surface area contributed by atoms with Gasteiger partial charge in [-0.25, -0.2) is 0 Å². The van der Waals surface area contributed by atoms with Crippen LogP contribution >= 0.6 is 0 Å². The lowest BCUT2D eigenvalue weighted by atomic mass is 9.90. The van der Waals surface area contributed by atoms with E-state index >= 15 is 0 Å². The van der Waals surface area contributed by atoms with Crippen molar-refractivity contribution in [2.24, 2.45) is 5.92 Å². The lowest BCUT2D eigenvalue weighted by molar-refractivity contribution is -0.121. The van der Waals surface area contributed by atoms with Crippen molar-refractivity contribution in [2.45, 2.75) is 39.3 Å². The van der Waals surface area contributed by atoms with Gasteiger partial charge < -0.3 is 15.3 Å². The van der Waals surface area contributed by atoms with Crippen molar-refractivity contribution in [3.8, 4) is 6.07 Å². The third-order valence-electron chi connectivity index (χ3n) is 3.73. The van der Waals surface area contributed by atoms with Gasteiger partial charge in [-0.15, -0.1) is 0 Å². The maximum atomic E-state index is 12.3. The first kappa shape index (κ1) is 18.0. The molecule has 0 radical (unpaired) electrons. The van der Waals surface area contributed by atoms with Gasteiger partial charge in [0.1, 0.15) is 5.54 Å². The molecule has 22 heavy (non-hydrogen) atoms. The largest absolute Gasteiger partial charge is 0.392 e. The fourth-order valence-electron chi connectivity index (χ4n) is 2.02. The zero-order valence-electron chi connectivity index (χ0n) is 13.7. The third kappa shape index (κ3) is 5.05. The first-order valence-corrected chi connectivity index (χ1v) is 7.49. The van der Waals surface area contributed by atoms with Crippen LogP contribution in [0.1, 0.15) is 27.7 Å². The number of anilines is 1. The first-order valence-electron chi connectivity index (χ1n) is 7.49. The topological polar surface area (TPSA) is 76.4 Å². The molecule has 0 aromatic heterocycles. The number of rotatable bonds is 7. The SMILES string of the molecule is CC(C)[C@@](C)(C#N)NC(=O)CN(C[C@@H](C)O)c1ccccc1. The highest BCUT2D eigenvalue weighted by Crippen LogP contribution is 2.16. The molecule has 5 heteroatoms. The Hall–Kier alpha value is -2.06. The minimum absolute atomic E-state index is 0.00314. The van der Waals surface area contributed by atoms with E-state index in [0.717, 1.165) is 5.69 Å². The molecule has 0 saturated carbocycles. The Morgan fingerprint density at radius 1 is 1.36 bits per heavy atom. The fourth-order valence-corrected chi connectivity index (χ4v) is 2.02. The quantitative estimate of drug-likeness (QED) is 0.807. The Morgan fingerprint density at radius 3 is 2.41 bits per heavy atom. The van der Waals surface area contributed by atoms with Gasteiger partial charge in [-0.1, -0.05) is 32.0 Å². The van der Waals surface area contributed by atoms with Gasteiger partial charge in [0.15, 0.2) is 0 Å². The van der Waals surface area contributed by atoms with E-state index in [4.69, 9.17) is 0 Å². The van der Waals surface area contributed by atoms with E-state index < -0.39 is 11.6 Å². The molecule has 120 valence electrons. The molecule has 0 heterocycles. The number of nitrogens with one attached hydrogen (secondary N) is 1. The smallest absolute Gasteiger partial charge is 0.240 e. The second-order valence-electron chi connectivity index (χ2n) is 6.08. The summed E-state index contributed by atoms with van der Waals surface area (Å²) in [6, 6.07) is 11.6. The van der Waals surface area contributed by atoms with Crippen molar-refractivity contribution in [1.29, 1.82) is 5.26 Å². The molecule has 2 N–H and O–H groups in total. The number of carbonyl (C=O) groups is 1.